The summed E-state index contributed by atoms with van der Waals surface area (Å²) in [6.45, 7) is 0.258. The van der Waals surface area contributed by atoms with E-state index in [0.717, 1.165) is 11.3 Å². The fourth-order valence-corrected chi connectivity index (χ4v) is 2.47. The van der Waals surface area contributed by atoms with Gasteiger partial charge in [-0.3, -0.25) is 10.2 Å². The molecule has 0 saturated carbocycles. The third-order valence-electron chi connectivity index (χ3n) is 3.70. The van der Waals surface area contributed by atoms with Gasteiger partial charge in [0.2, 0.25) is 0 Å². The summed E-state index contributed by atoms with van der Waals surface area (Å²) in [7, 11) is 0. The number of thiocarbonyl (C=S) groups is 1. The molecule has 0 aliphatic heterocycles. The van der Waals surface area contributed by atoms with Crippen molar-refractivity contribution >= 4 is 35.1 Å². The molecule has 2 aromatic carbocycles. The van der Waals surface area contributed by atoms with Crippen molar-refractivity contribution in [3.8, 4) is 5.75 Å². The molecule has 1 aromatic heterocycles. The minimum atomic E-state index is -0.226. The van der Waals surface area contributed by atoms with Gasteiger partial charge in [-0.1, -0.05) is 18.2 Å². The molecule has 0 radical (unpaired) electrons. The number of benzene rings is 2. The maximum atomic E-state index is 11.8. The lowest BCUT2D eigenvalue weighted by Crippen LogP contribution is -2.28. The van der Waals surface area contributed by atoms with E-state index in [4.69, 9.17) is 21.4 Å². The second-order valence-electron chi connectivity index (χ2n) is 5.90. The number of carbonyl (C=O) groups excluding carboxylic acids is 1. The standard InChI is InChI=1S/C21H20N4O3S/c26-20(22-14-19-7-4-12-27-19)15-28-18-10-8-16(9-11-18)13-23-25-21(29)24-17-5-2-1-3-6-17/h1-13H,14-15H2,(H,22,26)(H2,24,25,29)/b23-13+. The Labute approximate surface area is 173 Å². The summed E-state index contributed by atoms with van der Waals surface area (Å²) < 4.78 is 10.6. The zero-order valence-corrected chi connectivity index (χ0v) is 16.3. The molecule has 1 heterocycles. The molecule has 8 heteroatoms. The zero-order chi connectivity index (χ0) is 20.3. The van der Waals surface area contributed by atoms with E-state index in [1.54, 1.807) is 36.7 Å². The topological polar surface area (TPSA) is 87.9 Å². The van der Waals surface area contributed by atoms with Crippen LogP contribution in [0.5, 0.6) is 5.75 Å². The van der Waals surface area contributed by atoms with Gasteiger partial charge in [-0.25, -0.2) is 0 Å². The van der Waals surface area contributed by atoms with Crippen LogP contribution < -0.4 is 20.8 Å². The Kier molecular flexibility index (Phi) is 7.36. The van der Waals surface area contributed by atoms with Crippen LogP contribution in [-0.2, 0) is 11.3 Å². The van der Waals surface area contributed by atoms with Crippen molar-refractivity contribution in [1.82, 2.24) is 10.7 Å². The second kappa shape index (κ2) is 10.6. The third kappa shape index (κ3) is 7.11. The van der Waals surface area contributed by atoms with E-state index in [-0.39, 0.29) is 12.5 Å². The minimum absolute atomic E-state index is 0.0743. The molecule has 0 unspecified atom stereocenters. The zero-order valence-electron chi connectivity index (χ0n) is 15.5. The molecule has 3 rings (SSSR count). The van der Waals surface area contributed by atoms with Gasteiger partial charge < -0.3 is 19.8 Å². The predicted octanol–water partition coefficient (Wildman–Crippen LogP) is 3.30. The van der Waals surface area contributed by atoms with E-state index in [1.165, 1.54) is 0 Å². The summed E-state index contributed by atoms with van der Waals surface area (Å²) in [5, 5.41) is 10.2. The fraction of sp³-hybridized carbons (Fsp3) is 0.0952. The molecule has 0 spiro atoms. The van der Waals surface area contributed by atoms with E-state index < -0.39 is 0 Å². The fourth-order valence-electron chi connectivity index (χ4n) is 2.29. The number of hydrogen-bond donors (Lipinski definition) is 3. The van der Waals surface area contributed by atoms with Crippen LogP contribution in [0.4, 0.5) is 5.69 Å². The molecule has 3 N–H and O–H groups in total. The largest absolute Gasteiger partial charge is 0.484 e. The Morgan fingerprint density at radius 1 is 1.07 bits per heavy atom. The number of anilines is 1. The average Bonchev–Trinajstić information content (AvgIpc) is 3.26. The van der Waals surface area contributed by atoms with Gasteiger partial charge in [0.05, 0.1) is 19.0 Å². The molecule has 0 bridgehead atoms. The van der Waals surface area contributed by atoms with Crippen LogP contribution in [0.3, 0.4) is 0 Å². The van der Waals surface area contributed by atoms with Crippen molar-refractivity contribution in [2.75, 3.05) is 11.9 Å². The highest BCUT2D eigenvalue weighted by atomic mass is 32.1. The van der Waals surface area contributed by atoms with Gasteiger partial charge in [-0.15, -0.1) is 0 Å². The molecule has 7 nitrogen and oxygen atoms in total. The molecule has 0 atom stereocenters. The van der Waals surface area contributed by atoms with Crippen LogP contribution in [0.1, 0.15) is 11.3 Å². The average molecular weight is 408 g/mol. The number of para-hydroxylation sites is 1. The quantitative estimate of drug-likeness (QED) is 0.301. The van der Waals surface area contributed by atoms with Crippen LogP contribution in [0.2, 0.25) is 0 Å². The van der Waals surface area contributed by atoms with Crippen molar-refractivity contribution in [3.63, 3.8) is 0 Å². The molecule has 0 saturated heterocycles. The van der Waals surface area contributed by atoms with Crippen LogP contribution in [0.15, 0.2) is 82.5 Å². The van der Waals surface area contributed by atoms with E-state index in [2.05, 4.69) is 21.2 Å². The number of rotatable bonds is 8. The normalized spacial score (nSPS) is 10.5. The SMILES string of the molecule is O=C(COc1ccc(/C=N/NC(=S)Nc2ccccc2)cc1)NCc1ccco1. The summed E-state index contributed by atoms with van der Waals surface area (Å²) in [6.07, 6.45) is 3.20. The van der Waals surface area contributed by atoms with E-state index in [0.29, 0.717) is 23.2 Å². The number of hydrazone groups is 1. The van der Waals surface area contributed by atoms with Gasteiger partial charge >= 0.3 is 0 Å². The monoisotopic (exact) mass is 408 g/mol. The van der Waals surface area contributed by atoms with Crippen LogP contribution in [0.25, 0.3) is 0 Å². The smallest absolute Gasteiger partial charge is 0.258 e. The number of carbonyl (C=O) groups is 1. The first-order chi connectivity index (χ1) is 14.2. The van der Waals surface area contributed by atoms with Crippen molar-refractivity contribution in [3.05, 3.63) is 84.3 Å². The Morgan fingerprint density at radius 3 is 2.59 bits per heavy atom. The minimum Gasteiger partial charge on any atom is -0.484 e. The Hall–Kier alpha value is -3.65. The first-order valence-electron chi connectivity index (χ1n) is 8.86. The second-order valence-corrected chi connectivity index (χ2v) is 6.31. The lowest BCUT2D eigenvalue weighted by molar-refractivity contribution is -0.123. The molecule has 0 fully saturated rings. The van der Waals surface area contributed by atoms with Gasteiger partial charge in [0, 0.05) is 5.69 Å². The Balaban J connectivity index is 1.38. The summed E-state index contributed by atoms with van der Waals surface area (Å²) >= 11 is 5.18. The van der Waals surface area contributed by atoms with Crippen LogP contribution >= 0.6 is 12.2 Å². The lowest BCUT2D eigenvalue weighted by Gasteiger charge is -2.07. The summed E-state index contributed by atoms with van der Waals surface area (Å²) in [4.78, 5) is 11.8. The van der Waals surface area contributed by atoms with E-state index >= 15 is 0 Å². The molecule has 29 heavy (non-hydrogen) atoms. The molecule has 3 aromatic rings. The van der Waals surface area contributed by atoms with Crippen LogP contribution in [-0.4, -0.2) is 23.8 Å². The van der Waals surface area contributed by atoms with Gasteiger partial charge in [0.1, 0.15) is 11.5 Å². The molecular weight excluding hydrogens is 388 g/mol. The molecule has 0 aliphatic carbocycles. The maximum absolute atomic E-state index is 11.8. The first-order valence-corrected chi connectivity index (χ1v) is 9.27. The molecule has 148 valence electrons. The Morgan fingerprint density at radius 2 is 1.86 bits per heavy atom. The van der Waals surface area contributed by atoms with E-state index in [1.807, 2.05) is 42.5 Å². The van der Waals surface area contributed by atoms with Crippen LogP contribution in [0, 0.1) is 0 Å². The number of amides is 1. The van der Waals surface area contributed by atoms with Crippen molar-refractivity contribution in [2.45, 2.75) is 6.54 Å². The van der Waals surface area contributed by atoms with Gasteiger partial charge in [-0.2, -0.15) is 5.10 Å². The molecule has 0 aliphatic rings. The molecule has 1 amide bonds. The number of furan rings is 1. The highest BCUT2D eigenvalue weighted by molar-refractivity contribution is 7.80. The van der Waals surface area contributed by atoms with Crippen molar-refractivity contribution < 1.29 is 13.9 Å². The van der Waals surface area contributed by atoms with Crippen molar-refractivity contribution in [2.24, 2.45) is 5.10 Å². The summed E-state index contributed by atoms with van der Waals surface area (Å²) in [6, 6.07) is 20.3. The van der Waals surface area contributed by atoms with Gasteiger partial charge in [0.15, 0.2) is 11.7 Å². The predicted molar refractivity (Wildman–Crippen MR) is 116 cm³/mol. The number of ether oxygens (including phenoxy) is 1. The first kappa shape index (κ1) is 20.1. The highest BCUT2D eigenvalue weighted by Gasteiger charge is 2.04. The highest BCUT2D eigenvalue weighted by Crippen LogP contribution is 2.11. The summed E-state index contributed by atoms with van der Waals surface area (Å²) in [5.74, 6) is 1.05. The van der Waals surface area contributed by atoms with Gasteiger partial charge in [-0.05, 0) is 66.3 Å². The Bertz CT molecular complexity index is 942. The number of nitrogens with zero attached hydrogens (tertiary/aromatic N) is 1. The molecular formula is C21H20N4O3S. The van der Waals surface area contributed by atoms with Crippen molar-refractivity contribution in [1.29, 1.82) is 0 Å². The lowest BCUT2D eigenvalue weighted by atomic mass is 10.2. The maximum Gasteiger partial charge on any atom is 0.258 e. The summed E-state index contributed by atoms with van der Waals surface area (Å²) in [5.41, 5.74) is 4.50. The van der Waals surface area contributed by atoms with Gasteiger partial charge in [0.25, 0.3) is 5.91 Å². The number of nitrogens with one attached hydrogen (secondary N) is 3. The third-order valence-corrected chi connectivity index (χ3v) is 3.89. The van der Waals surface area contributed by atoms with E-state index in [9.17, 15) is 4.79 Å². The number of hydrogen-bond acceptors (Lipinski definition) is 5.